The average Bonchev–Trinajstić information content (AvgIpc) is 3.14. The van der Waals surface area contributed by atoms with Crippen LogP contribution in [0.2, 0.25) is 0 Å². The zero-order valence-corrected chi connectivity index (χ0v) is 12.8. The fourth-order valence-corrected chi connectivity index (χ4v) is 2.25. The first-order valence-corrected chi connectivity index (χ1v) is 6.68. The molecule has 0 fully saturated rings. The first kappa shape index (κ1) is 15.5. The first-order chi connectivity index (χ1) is 9.88. The van der Waals surface area contributed by atoms with Crippen LogP contribution in [0.4, 0.5) is 0 Å². The zero-order valence-electron chi connectivity index (χ0n) is 11.8. The van der Waals surface area contributed by atoms with Crippen LogP contribution in [0.1, 0.15) is 18.1 Å². The van der Waals surface area contributed by atoms with E-state index >= 15 is 0 Å². The number of ether oxygens (including phenoxy) is 1. The third-order valence-electron chi connectivity index (χ3n) is 3.30. The Bertz CT molecular complexity index is 663. The van der Waals surface area contributed by atoms with Gasteiger partial charge in [-0.05, 0) is 37.9 Å². The predicted octanol–water partition coefficient (Wildman–Crippen LogP) is 3.87. The Morgan fingerprint density at radius 2 is 2.10 bits per heavy atom. The standard InChI is InChI=1S/C16H17NO3.H2S/c1-17-8-5-14(12-6-9-18-11-12)20-16-4-2-3-15-13(16)7-10-19-15;/h2-4,6-7,9-11,14,17H,5,8H2,1H3;1H2/t14-;/m0./s1. The van der Waals surface area contributed by atoms with Gasteiger partial charge in [-0.15, -0.1) is 0 Å². The molecule has 3 aromatic rings. The maximum absolute atomic E-state index is 6.17. The van der Waals surface area contributed by atoms with E-state index in [1.165, 1.54) is 0 Å². The Morgan fingerprint density at radius 3 is 2.86 bits per heavy atom. The van der Waals surface area contributed by atoms with Gasteiger partial charge in [-0.3, -0.25) is 0 Å². The molecule has 0 saturated carbocycles. The van der Waals surface area contributed by atoms with Crippen LogP contribution in [0.5, 0.6) is 5.75 Å². The van der Waals surface area contributed by atoms with Crippen LogP contribution in [0.25, 0.3) is 11.0 Å². The Balaban J connectivity index is 0.00000161. The van der Waals surface area contributed by atoms with E-state index in [1.54, 1.807) is 18.8 Å². The molecule has 0 amide bonds. The Labute approximate surface area is 130 Å². The molecule has 4 nitrogen and oxygen atoms in total. The molecule has 0 saturated heterocycles. The topological polar surface area (TPSA) is 47.5 Å². The fraction of sp³-hybridized carbons (Fsp3) is 0.250. The average molecular weight is 305 g/mol. The minimum absolute atomic E-state index is 0. The van der Waals surface area contributed by atoms with E-state index in [9.17, 15) is 0 Å². The molecule has 0 aliphatic rings. The van der Waals surface area contributed by atoms with Crippen molar-refractivity contribution >= 4 is 24.5 Å². The van der Waals surface area contributed by atoms with E-state index in [0.29, 0.717) is 0 Å². The smallest absolute Gasteiger partial charge is 0.137 e. The highest BCUT2D eigenvalue weighted by Gasteiger charge is 2.16. The molecule has 2 heterocycles. The summed E-state index contributed by atoms with van der Waals surface area (Å²) in [5.41, 5.74) is 1.88. The highest BCUT2D eigenvalue weighted by Crippen LogP contribution is 2.31. The van der Waals surface area contributed by atoms with E-state index < -0.39 is 0 Å². The summed E-state index contributed by atoms with van der Waals surface area (Å²) < 4.78 is 16.7. The van der Waals surface area contributed by atoms with Crippen molar-refractivity contribution in [2.75, 3.05) is 13.6 Å². The highest BCUT2D eigenvalue weighted by molar-refractivity contribution is 7.59. The second-order valence-corrected chi connectivity index (χ2v) is 4.64. The third kappa shape index (κ3) is 3.43. The lowest BCUT2D eigenvalue weighted by molar-refractivity contribution is 0.196. The quantitative estimate of drug-likeness (QED) is 0.751. The summed E-state index contributed by atoms with van der Waals surface area (Å²) in [5, 5.41) is 4.14. The van der Waals surface area contributed by atoms with Crippen molar-refractivity contribution in [2.24, 2.45) is 0 Å². The fourth-order valence-electron chi connectivity index (χ4n) is 2.25. The number of furan rings is 2. The summed E-state index contributed by atoms with van der Waals surface area (Å²) in [6.07, 6.45) is 5.91. The lowest BCUT2D eigenvalue weighted by atomic mass is 10.1. The summed E-state index contributed by atoms with van der Waals surface area (Å²) in [4.78, 5) is 0. The minimum Gasteiger partial charge on any atom is -0.485 e. The summed E-state index contributed by atoms with van der Waals surface area (Å²) in [6.45, 7) is 0.872. The van der Waals surface area contributed by atoms with Crippen LogP contribution < -0.4 is 10.1 Å². The first-order valence-electron chi connectivity index (χ1n) is 6.68. The second-order valence-electron chi connectivity index (χ2n) is 4.64. The number of hydrogen-bond acceptors (Lipinski definition) is 4. The molecule has 1 N–H and O–H groups in total. The maximum Gasteiger partial charge on any atom is 0.137 e. The van der Waals surface area contributed by atoms with Crippen molar-refractivity contribution in [1.29, 1.82) is 0 Å². The van der Waals surface area contributed by atoms with E-state index in [2.05, 4.69) is 5.32 Å². The summed E-state index contributed by atoms with van der Waals surface area (Å²) >= 11 is 0. The predicted molar refractivity (Wildman–Crippen MR) is 87.2 cm³/mol. The van der Waals surface area contributed by atoms with Gasteiger partial charge in [0.1, 0.15) is 17.4 Å². The molecule has 5 heteroatoms. The number of rotatable bonds is 6. The van der Waals surface area contributed by atoms with Crippen LogP contribution in [-0.4, -0.2) is 13.6 Å². The van der Waals surface area contributed by atoms with E-state index in [-0.39, 0.29) is 19.6 Å². The van der Waals surface area contributed by atoms with Crippen LogP contribution >= 0.6 is 13.5 Å². The molecular weight excluding hydrogens is 286 g/mol. The van der Waals surface area contributed by atoms with Gasteiger partial charge < -0.3 is 18.9 Å². The van der Waals surface area contributed by atoms with Crippen LogP contribution in [0, 0.1) is 0 Å². The van der Waals surface area contributed by atoms with Gasteiger partial charge in [-0.1, -0.05) is 6.07 Å². The van der Waals surface area contributed by atoms with Gasteiger partial charge in [0.05, 0.1) is 24.2 Å². The van der Waals surface area contributed by atoms with Gasteiger partial charge in [0.15, 0.2) is 0 Å². The number of nitrogens with one attached hydrogen (secondary N) is 1. The molecule has 3 rings (SSSR count). The molecule has 0 unspecified atom stereocenters. The Kier molecular flexibility index (Phi) is 5.36. The number of hydrogen-bond donors (Lipinski definition) is 1. The van der Waals surface area contributed by atoms with Gasteiger partial charge >= 0.3 is 0 Å². The molecule has 112 valence electrons. The van der Waals surface area contributed by atoms with Crippen molar-refractivity contribution in [3.63, 3.8) is 0 Å². The highest BCUT2D eigenvalue weighted by atomic mass is 32.1. The van der Waals surface area contributed by atoms with Gasteiger partial charge in [0.2, 0.25) is 0 Å². The monoisotopic (exact) mass is 305 g/mol. The lowest BCUT2D eigenvalue weighted by Crippen LogP contribution is -2.15. The number of benzene rings is 1. The van der Waals surface area contributed by atoms with Gasteiger partial charge in [0, 0.05) is 12.0 Å². The zero-order chi connectivity index (χ0) is 13.8. The molecule has 0 aliphatic heterocycles. The second kappa shape index (κ2) is 7.24. The normalized spacial score (nSPS) is 12.0. The van der Waals surface area contributed by atoms with Crippen molar-refractivity contribution in [1.82, 2.24) is 5.32 Å². The minimum atomic E-state index is -0.0401. The Morgan fingerprint density at radius 1 is 1.19 bits per heavy atom. The van der Waals surface area contributed by atoms with Crippen LogP contribution in [-0.2, 0) is 0 Å². The number of fused-ring (bicyclic) bond motifs is 1. The molecule has 0 bridgehead atoms. The van der Waals surface area contributed by atoms with E-state index in [4.69, 9.17) is 13.6 Å². The Hall–Kier alpha value is -1.85. The van der Waals surface area contributed by atoms with E-state index in [0.717, 1.165) is 35.2 Å². The summed E-state index contributed by atoms with van der Waals surface area (Å²) in [7, 11) is 1.93. The summed E-state index contributed by atoms with van der Waals surface area (Å²) in [5.74, 6) is 0.832. The molecule has 2 aromatic heterocycles. The van der Waals surface area contributed by atoms with Crippen LogP contribution in [0.15, 0.2) is 58.0 Å². The SMILES string of the molecule is CNCC[C@H](Oc1cccc2occc12)c1ccoc1.S. The lowest BCUT2D eigenvalue weighted by Gasteiger charge is -2.18. The van der Waals surface area contributed by atoms with Gasteiger partial charge in [-0.25, -0.2) is 0 Å². The maximum atomic E-state index is 6.17. The van der Waals surface area contributed by atoms with Gasteiger partial charge in [0.25, 0.3) is 0 Å². The van der Waals surface area contributed by atoms with E-state index in [1.807, 2.05) is 37.4 Å². The molecule has 0 spiro atoms. The molecule has 0 aliphatic carbocycles. The van der Waals surface area contributed by atoms with Crippen molar-refractivity contribution in [2.45, 2.75) is 12.5 Å². The van der Waals surface area contributed by atoms with Gasteiger partial charge in [-0.2, -0.15) is 13.5 Å². The van der Waals surface area contributed by atoms with Crippen LogP contribution in [0.3, 0.4) is 0 Å². The van der Waals surface area contributed by atoms with Crippen molar-refractivity contribution in [3.8, 4) is 5.75 Å². The third-order valence-corrected chi connectivity index (χ3v) is 3.30. The molecular formula is C16H19NO3S. The van der Waals surface area contributed by atoms with Crippen molar-refractivity contribution < 1.29 is 13.6 Å². The van der Waals surface area contributed by atoms with Crippen molar-refractivity contribution in [3.05, 3.63) is 54.7 Å². The molecule has 1 aromatic carbocycles. The molecule has 1 atom stereocenters. The largest absolute Gasteiger partial charge is 0.485 e. The molecule has 21 heavy (non-hydrogen) atoms. The summed E-state index contributed by atoms with van der Waals surface area (Å²) in [6, 6.07) is 9.70. The molecule has 0 radical (unpaired) electrons.